The van der Waals surface area contributed by atoms with Crippen LogP contribution in [0.5, 0.6) is 0 Å². The predicted octanol–water partition coefficient (Wildman–Crippen LogP) is 2.39. The highest BCUT2D eigenvalue weighted by Gasteiger charge is 2.04. The van der Waals surface area contributed by atoms with Gasteiger partial charge >= 0.3 is 0 Å². The molecule has 17 heavy (non-hydrogen) atoms. The lowest BCUT2D eigenvalue weighted by Crippen LogP contribution is -2.10. The van der Waals surface area contributed by atoms with Crippen molar-refractivity contribution in [2.24, 2.45) is 0 Å². The van der Waals surface area contributed by atoms with E-state index in [9.17, 15) is 4.79 Å². The van der Waals surface area contributed by atoms with Crippen molar-refractivity contribution in [3.63, 3.8) is 0 Å². The molecule has 0 unspecified atom stereocenters. The van der Waals surface area contributed by atoms with E-state index in [-0.39, 0.29) is 5.91 Å². The van der Waals surface area contributed by atoms with E-state index in [2.05, 4.69) is 10.3 Å². The molecule has 0 bridgehead atoms. The van der Waals surface area contributed by atoms with Gasteiger partial charge in [0.05, 0.1) is 17.7 Å². The minimum Gasteiger partial charge on any atom is -0.321 e. The van der Waals surface area contributed by atoms with E-state index in [4.69, 9.17) is 0 Å². The highest BCUT2D eigenvalue weighted by atomic mass is 16.1. The minimum atomic E-state index is -0.139. The molecule has 0 spiro atoms. The molecule has 0 atom stereocenters. The van der Waals surface area contributed by atoms with Gasteiger partial charge in [0, 0.05) is 12.4 Å². The first-order chi connectivity index (χ1) is 8.31. The van der Waals surface area contributed by atoms with Gasteiger partial charge in [0.25, 0.3) is 0 Å². The number of benzene rings is 1. The number of para-hydroxylation sites is 2. The smallest absolute Gasteiger partial charge is 0.248 e. The van der Waals surface area contributed by atoms with Crippen molar-refractivity contribution in [2.45, 2.75) is 6.92 Å². The standard InChI is InChI=1S/C13H13N3O/c1-2-5-13(17)15-11-6-3-4-7-12(11)16-9-8-14-10-16/h2-10H,1H3,(H,15,17). The van der Waals surface area contributed by atoms with E-state index in [1.165, 1.54) is 6.08 Å². The minimum absolute atomic E-state index is 0.139. The summed E-state index contributed by atoms with van der Waals surface area (Å²) in [5.41, 5.74) is 1.65. The van der Waals surface area contributed by atoms with Crippen molar-refractivity contribution in [2.75, 3.05) is 5.32 Å². The molecule has 0 aliphatic heterocycles. The third-order valence-electron chi connectivity index (χ3n) is 2.26. The molecule has 1 heterocycles. The molecule has 1 aromatic heterocycles. The second-order valence-electron chi connectivity index (χ2n) is 3.48. The maximum absolute atomic E-state index is 11.5. The number of imidazole rings is 1. The van der Waals surface area contributed by atoms with E-state index in [0.29, 0.717) is 0 Å². The summed E-state index contributed by atoms with van der Waals surface area (Å²) in [6, 6.07) is 7.58. The van der Waals surface area contributed by atoms with Crippen molar-refractivity contribution in [1.29, 1.82) is 0 Å². The third-order valence-corrected chi connectivity index (χ3v) is 2.26. The number of amides is 1. The Morgan fingerprint density at radius 1 is 1.41 bits per heavy atom. The molecular weight excluding hydrogens is 214 g/mol. The van der Waals surface area contributed by atoms with Gasteiger partial charge < -0.3 is 9.88 Å². The Morgan fingerprint density at radius 2 is 2.24 bits per heavy atom. The van der Waals surface area contributed by atoms with Gasteiger partial charge in [-0.05, 0) is 25.1 Å². The summed E-state index contributed by atoms with van der Waals surface area (Å²) in [7, 11) is 0. The van der Waals surface area contributed by atoms with Crippen LogP contribution in [0.2, 0.25) is 0 Å². The molecule has 2 rings (SSSR count). The van der Waals surface area contributed by atoms with Crippen LogP contribution in [0, 0.1) is 0 Å². The molecule has 0 saturated heterocycles. The van der Waals surface area contributed by atoms with E-state index < -0.39 is 0 Å². The summed E-state index contributed by atoms with van der Waals surface area (Å²) >= 11 is 0. The number of carbonyl (C=O) groups is 1. The van der Waals surface area contributed by atoms with E-state index in [1.807, 2.05) is 35.0 Å². The largest absolute Gasteiger partial charge is 0.321 e. The van der Waals surface area contributed by atoms with Gasteiger partial charge in [0.2, 0.25) is 5.91 Å². The van der Waals surface area contributed by atoms with Gasteiger partial charge in [-0.15, -0.1) is 0 Å². The first-order valence-electron chi connectivity index (χ1n) is 5.32. The van der Waals surface area contributed by atoms with Gasteiger partial charge in [-0.3, -0.25) is 4.79 Å². The summed E-state index contributed by atoms with van der Waals surface area (Å²) in [4.78, 5) is 15.5. The normalized spacial score (nSPS) is 10.6. The van der Waals surface area contributed by atoms with Gasteiger partial charge in [-0.25, -0.2) is 4.98 Å². The zero-order valence-corrected chi connectivity index (χ0v) is 9.50. The molecule has 0 radical (unpaired) electrons. The lowest BCUT2D eigenvalue weighted by Gasteiger charge is -2.09. The second kappa shape index (κ2) is 5.12. The molecule has 2 aromatic rings. The summed E-state index contributed by atoms with van der Waals surface area (Å²) in [5.74, 6) is -0.139. The van der Waals surface area contributed by atoms with Gasteiger partial charge in [-0.1, -0.05) is 18.2 Å². The summed E-state index contributed by atoms with van der Waals surface area (Å²) < 4.78 is 1.85. The number of anilines is 1. The van der Waals surface area contributed by atoms with Gasteiger partial charge in [-0.2, -0.15) is 0 Å². The molecule has 1 N–H and O–H groups in total. The summed E-state index contributed by atoms with van der Waals surface area (Å²) in [5, 5.41) is 2.83. The van der Waals surface area contributed by atoms with Crippen LogP contribution in [-0.2, 0) is 4.79 Å². The molecule has 4 nitrogen and oxygen atoms in total. The summed E-state index contributed by atoms with van der Waals surface area (Å²) in [6.45, 7) is 1.81. The quantitative estimate of drug-likeness (QED) is 0.818. The fourth-order valence-corrected chi connectivity index (χ4v) is 1.53. The number of nitrogens with zero attached hydrogens (tertiary/aromatic N) is 2. The van der Waals surface area contributed by atoms with Crippen LogP contribution < -0.4 is 5.32 Å². The van der Waals surface area contributed by atoms with Crippen LogP contribution in [0.3, 0.4) is 0 Å². The average molecular weight is 227 g/mol. The molecule has 0 aliphatic rings. The van der Waals surface area contributed by atoms with Crippen molar-refractivity contribution in [3.05, 3.63) is 55.1 Å². The van der Waals surface area contributed by atoms with Crippen LogP contribution in [0.1, 0.15) is 6.92 Å². The van der Waals surface area contributed by atoms with Crippen LogP contribution >= 0.6 is 0 Å². The van der Waals surface area contributed by atoms with Crippen LogP contribution in [0.15, 0.2) is 55.1 Å². The Morgan fingerprint density at radius 3 is 2.94 bits per heavy atom. The fraction of sp³-hybridized carbons (Fsp3) is 0.0769. The topological polar surface area (TPSA) is 46.9 Å². The predicted molar refractivity (Wildman–Crippen MR) is 67.0 cm³/mol. The number of hydrogen-bond acceptors (Lipinski definition) is 2. The highest BCUT2D eigenvalue weighted by Crippen LogP contribution is 2.19. The first-order valence-corrected chi connectivity index (χ1v) is 5.32. The van der Waals surface area contributed by atoms with Crippen molar-refractivity contribution in [1.82, 2.24) is 9.55 Å². The zero-order chi connectivity index (χ0) is 12.1. The molecule has 1 aromatic carbocycles. The van der Waals surface area contributed by atoms with E-state index in [0.717, 1.165) is 11.4 Å². The molecular formula is C13H13N3O. The number of nitrogens with one attached hydrogen (secondary N) is 1. The molecule has 0 fully saturated rings. The third kappa shape index (κ3) is 2.60. The molecule has 4 heteroatoms. The Hall–Kier alpha value is -2.36. The number of allylic oxidation sites excluding steroid dienone is 1. The van der Waals surface area contributed by atoms with Crippen molar-refractivity contribution in [3.8, 4) is 5.69 Å². The van der Waals surface area contributed by atoms with Gasteiger partial charge in [0.15, 0.2) is 0 Å². The average Bonchev–Trinajstić information content (AvgIpc) is 2.83. The number of hydrogen-bond donors (Lipinski definition) is 1. The van der Waals surface area contributed by atoms with Crippen LogP contribution in [0.25, 0.3) is 5.69 Å². The fourth-order valence-electron chi connectivity index (χ4n) is 1.53. The molecule has 0 saturated carbocycles. The Balaban J connectivity index is 2.32. The van der Waals surface area contributed by atoms with Crippen molar-refractivity contribution >= 4 is 11.6 Å². The Bertz CT molecular complexity index is 529. The van der Waals surface area contributed by atoms with Gasteiger partial charge in [0.1, 0.15) is 0 Å². The Labute approximate surface area is 99.6 Å². The first kappa shape index (κ1) is 11.1. The number of aromatic nitrogens is 2. The summed E-state index contributed by atoms with van der Waals surface area (Å²) in [6.07, 6.45) is 8.42. The maximum Gasteiger partial charge on any atom is 0.248 e. The van der Waals surface area contributed by atoms with Crippen LogP contribution in [0.4, 0.5) is 5.69 Å². The molecule has 86 valence electrons. The lowest BCUT2D eigenvalue weighted by molar-refractivity contribution is -0.111. The zero-order valence-electron chi connectivity index (χ0n) is 9.50. The SMILES string of the molecule is CC=CC(=O)Nc1ccccc1-n1ccnc1. The highest BCUT2D eigenvalue weighted by molar-refractivity contribution is 6.00. The number of rotatable bonds is 3. The second-order valence-corrected chi connectivity index (χ2v) is 3.48. The van der Waals surface area contributed by atoms with E-state index in [1.54, 1.807) is 25.5 Å². The van der Waals surface area contributed by atoms with Crippen molar-refractivity contribution < 1.29 is 4.79 Å². The molecule has 0 aliphatic carbocycles. The van der Waals surface area contributed by atoms with Crippen LogP contribution in [-0.4, -0.2) is 15.5 Å². The van der Waals surface area contributed by atoms with E-state index >= 15 is 0 Å². The maximum atomic E-state index is 11.5. The Kier molecular flexibility index (Phi) is 3.35. The monoisotopic (exact) mass is 227 g/mol. The number of carbonyl (C=O) groups excluding carboxylic acids is 1. The molecule has 1 amide bonds. The lowest BCUT2D eigenvalue weighted by atomic mass is 10.2.